The Bertz CT molecular complexity index is 434. The molecule has 2 amide bonds. The van der Waals surface area contributed by atoms with E-state index in [2.05, 4.69) is 10.1 Å². The van der Waals surface area contributed by atoms with Crippen molar-refractivity contribution in [1.82, 2.24) is 10.2 Å². The minimum absolute atomic E-state index is 0.0518. The van der Waals surface area contributed by atoms with E-state index in [1.165, 1.54) is 12.1 Å². The Balaban J connectivity index is 2.38. The predicted octanol–water partition coefficient (Wildman–Crippen LogP) is 1.53. The fourth-order valence-corrected chi connectivity index (χ4v) is 1.52. The van der Waals surface area contributed by atoms with Crippen LogP contribution in [0.3, 0.4) is 0 Å². The average Bonchev–Trinajstić information content (AvgIpc) is 2.32. The third-order valence-corrected chi connectivity index (χ3v) is 2.30. The zero-order valence-corrected chi connectivity index (χ0v) is 11.0. The second-order valence-corrected chi connectivity index (χ2v) is 4.07. The van der Waals surface area contributed by atoms with E-state index < -0.39 is 12.0 Å². The summed E-state index contributed by atoms with van der Waals surface area (Å²) in [5.41, 5.74) is 0.882. The Labute approximate surface area is 111 Å². The summed E-state index contributed by atoms with van der Waals surface area (Å²) >= 11 is 0. The van der Waals surface area contributed by atoms with Gasteiger partial charge in [-0.25, -0.2) is 9.18 Å². The van der Waals surface area contributed by atoms with Crippen molar-refractivity contribution < 1.29 is 18.7 Å². The van der Waals surface area contributed by atoms with Crippen LogP contribution in [0, 0.1) is 5.82 Å². The third kappa shape index (κ3) is 5.96. The van der Waals surface area contributed by atoms with Crippen LogP contribution in [-0.2, 0) is 16.1 Å². The fraction of sp³-hybridized carbons (Fsp3) is 0.385. The summed E-state index contributed by atoms with van der Waals surface area (Å²) in [6.45, 7) is 2.40. The zero-order valence-electron chi connectivity index (χ0n) is 11.0. The van der Waals surface area contributed by atoms with Crippen LogP contribution in [0.4, 0.5) is 9.18 Å². The zero-order chi connectivity index (χ0) is 14.3. The summed E-state index contributed by atoms with van der Waals surface area (Å²) in [6, 6.07) is 6.02. The Morgan fingerprint density at radius 3 is 2.53 bits per heavy atom. The van der Waals surface area contributed by atoms with E-state index in [-0.39, 0.29) is 19.0 Å². The molecule has 1 rings (SSSR count). The molecule has 5 nitrogen and oxygen atoms in total. The number of ether oxygens (including phenoxy) is 1. The minimum Gasteiger partial charge on any atom is -0.450 e. The number of alkyl carbamates (subject to hydrolysis) is 1. The fourth-order valence-electron chi connectivity index (χ4n) is 1.52. The Morgan fingerprint density at radius 2 is 1.95 bits per heavy atom. The molecule has 0 saturated heterocycles. The molecule has 104 valence electrons. The number of carbonyl (C=O) groups is 2. The van der Waals surface area contributed by atoms with Gasteiger partial charge in [0.15, 0.2) is 0 Å². The summed E-state index contributed by atoms with van der Waals surface area (Å²) in [6.07, 6.45) is -0.748. The Morgan fingerprint density at radius 1 is 1.32 bits per heavy atom. The standard InChI is InChI=1S/C13H17FN2O3/c1-3-19-13(18)15-12(17)9-16(2)8-10-4-6-11(14)7-5-10/h4-7H,3,8-9H2,1-2H3,(H,15,17,18). The van der Waals surface area contributed by atoms with Gasteiger partial charge in [-0.1, -0.05) is 12.1 Å². The second kappa shape index (κ2) is 7.48. The maximum Gasteiger partial charge on any atom is 0.413 e. The van der Waals surface area contributed by atoms with Crippen LogP contribution in [0.1, 0.15) is 12.5 Å². The van der Waals surface area contributed by atoms with Gasteiger partial charge in [-0.3, -0.25) is 15.0 Å². The van der Waals surface area contributed by atoms with Crippen LogP contribution in [0.2, 0.25) is 0 Å². The lowest BCUT2D eigenvalue weighted by atomic mass is 10.2. The molecule has 0 fully saturated rings. The molecule has 0 atom stereocenters. The van der Waals surface area contributed by atoms with Gasteiger partial charge in [0, 0.05) is 6.54 Å². The van der Waals surface area contributed by atoms with Crippen molar-refractivity contribution in [1.29, 1.82) is 0 Å². The van der Waals surface area contributed by atoms with Crippen LogP contribution in [0.15, 0.2) is 24.3 Å². The highest BCUT2D eigenvalue weighted by molar-refractivity contribution is 5.92. The van der Waals surface area contributed by atoms with Crippen molar-refractivity contribution in [3.63, 3.8) is 0 Å². The van der Waals surface area contributed by atoms with Gasteiger partial charge >= 0.3 is 6.09 Å². The van der Waals surface area contributed by atoms with Gasteiger partial charge < -0.3 is 4.74 Å². The molecule has 0 aliphatic rings. The number of nitrogens with zero attached hydrogens (tertiary/aromatic N) is 1. The van der Waals surface area contributed by atoms with E-state index in [9.17, 15) is 14.0 Å². The number of hydrogen-bond acceptors (Lipinski definition) is 4. The molecule has 0 unspecified atom stereocenters. The molecule has 0 aliphatic carbocycles. The van der Waals surface area contributed by atoms with E-state index in [1.54, 1.807) is 31.0 Å². The van der Waals surface area contributed by atoms with Gasteiger partial charge in [-0.2, -0.15) is 0 Å². The number of nitrogens with one attached hydrogen (secondary N) is 1. The average molecular weight is 268 g/mol. The van der Waals surface area contributed by atoms with Crippen LogP contribution in [0.5, 0.6) is 0 Å². The molecule has 0 spiro atoms. The minimum atomic E-state index is -0.748. The lowest BCUT2D eigenvalue weighted by Crippen LogP contribution is -2.38. The van der Waals surface area contributed by atoms with Crippen molar-refractivity contribution in [3.8, 4) is 0 Å². The first-order chi connectivity index (χ1) is 9.01. The lowest BCUT2D eigenvalue weighted by molar-refractivity contribution is -0.121. The van der Waals surface area contributed by atoms with E-state index in [0.29, 0.717) is 6.54 Å². The molecule has 19 heavy (non-hydrogen) atoms. The van der Waals surface area contributed by atoms with Gasteiger partial charge in [0.2, 0.25) is 5.91 Å². The number of benzene rings is 1. The van der Waals surface area contributed by atoms with Crippen LogP contribution < -0.4 is 5.32 Å². The monoisotopic (exact) mass is 268 g/mol. The molecule has 1 N–H and O–H groups in total. The second-order valence-electron chi connectivity index (χ2n) is 4.07. The quantitative estimate of drug-likeness (QED) is 0.880. The summed E-state index contributed by atoms with van der Waals surface area (Å²) in [5, 5.41) is 2.10. The lowest BCUT2D eigenvalue weighted by Gasteiger charge is -2.15. The molecule has 0 bridgehead atoms. The van der Waals surface area contributed by atoms with Gasteiger partial charge in [0.05, 0.1) is 13.2 Å². The summed E-state index contributed by atoms with van der Waals surface area (Å²) in [4.78, 5) is 24.2. The maximum absolute atomic E-state index is 12.7. The molecule has 0 aromatic heterocycles. The van der Waals surface area contributed by atoms with Crippen LogP contribution in [0.25, 0.3) is 0 Å². The maximum atomic E-state index is 12.7. The van der Waals surface area contributed by atoms with Gasteiger partial charge in [0.1, 0.15) is 5.82 Å². The highest BCUT2D eigenvalue weighted by Crippen LogP contribution is 2.05. The van der Waals surface area contributed by atoms with Crippen LogP contribution in [-0.4, -0.2) is 37.1 Å². The molecule has 0 saturated carbocycles. The van der Waals surface area contributed by atoms with Crippen molar-refractivity contribution in [2.75, 3.05) is 20.2 Å². The van der Waals surface area contributed by atoms with E-state index >= 15 is 0 Å². The summed E-state index contributed by atoms with van der Waals surface area (Å²) in [5.74, 6) is -0.741. The number of rotatable bonds is 5. The molecule has 0 heterocycles. The normalized spacial score (nSPS) is 10.3. The van der Waals surface area contributed by atoms with Gasteiger partial charge in [-0.15, -0.1) is 0 Å². The first-order valence-electron chi connectivity index (χ1n) is 5.91. The molecular formula is C13H17FN2O3. The summed E-state index contributed by atoms with van der Waals surface area (Å²) in [7, 11) is 1.73. The Kier molecular flexibility index (Phi) is 5.95. The predicted molar refractivity (Wildman–Crippen MR) is 67.9 cm³/mol. The van der Waals surface area contributed by atoms with Crippen molar-refractivity contribution in [3.05, 3.63) is 35.6 Å². The van der Waals surface area contributed by atoms with Crippen molar-refractivity contribution >= 4 is 12.0 Å². The number of amides is 2. The first-order valence-corrected chi connectivity index (χ1v) is 5.91. The highest BCUT2D eigenvalue weighted by Gasteiger charge is 2.11. The van der Waals surface area contributed by atoms with Crippen molar-refractivity contribution in [2.45, 2.75) is 13.5 Å². The molecular weight excluding hydrogens is 251 g/mol. The number of carbonyl (C=O) groups excluding carboxylic acids is 2. The topological polar surface area (TPSA) is 58.6 Å². The van der Waals surface area contributed by atoms with E-state index in [4.69, 9.17) is 0 Å². The molecule has 6 heteroatoms. The number of likely N-dealkylation sites (N-methyl/N-ethyl adjacent to an activating group) is 1. The first kappa shape index (κ1) is 15.1. The van der Waals surface area contributed by atoms with E-state index in [1.807, 2.05) is 0 Å². The van der Waals surface area contributed by atoms with Gasteiger partial charge in [0.25, 0.3) is 0 Å². The van der Waals surface area contributed by atoms with Gasteiger partial charge in [-0.05, 0) is 31.7 Å². The molecule has 1 aromatic carbocycles. The summed E-state index contributed by atoms with van der Waals surface area (Å²) < 4.78 is 17.3. The number of halogens is 1. The molecule has 1 aromatic rings. The largest absolute Gasteiger partial charge is 0.450 e. The molecule has 0 radical (unpaired) electrons. The highest BCUT2D eigenvalue weighted by atomic mass is 19.1. The smallest absolute Gasteiger partial charge is 0.413 e. The third-order valence-electron chi connectivity index (χ3n) is 2.30. The SMILES string of the molecule is CCOC(=O)NC(=O)CN(C)Cc1ccc(F)cc1. The van der Waals surface area contributed by atoms with E-state index in [0.717, 1.165) is 5.56 Å². The molecule has 0 aliphatic heterocycles. The van der Waals surface area contributed by atoms with Crippen molar-refractivity contribution in [2.24, 2.45) is 0 Å². The Hall–Kier alpha value is -1.95. The van der Waals surface area contributed by atoms with Crippen LogP contribution >= 0.6 is 0 Å². The number of hydrogen-bond donors (Lipinski definition) is 1. The number of imide groups is 1.